The van der Waals surface area contributed by atoms with Gasteiger partial charge in [0.15, 0.2) is 0 Å². The molecule has 284 valence electrons. The van der Waals surface area contributed by atoms with Crippen LogP contribution in [0, 0.1) is 29.6 Å². The van der Waals surface area contributed by atoms with Gasteiger partial charge in [-0.05, 0) is 82.5 Å². The van der Waals surface area contributed by atoms with Crippen molar-refractivity contribution in [1.29, 1.82) is 0 Å². The van der Waals surface area contributed by atoms with Gasteiger partial charge in [-0.1, -0.05) is 40.0 Å². The van der Waals surface area contributed by atoms with Crippen LogP contribution < -0.4 is 15.9 Å². The molecule has 11 nitrogen and oxygen atoms in total. The molecule has 7 unspecified atom stereocenters. The predicted molar refractivity (Wildman–Crippen MR) is 186 cm³/mol. The molecular formula is C35H63F2N5O6S. The SMILES string of the molecule is CCCN(CC(O)C(CC1CC(F)CC(F)C1)NC(=O)C1CC(C(N)=O)CC(C(=O)N(CCC)CCC)C1)NS(=O)(=O)CC1CCCCC1. The van der Waals surface area contributed by atoms with E-state index >= 15 is 0 Å². The lowest BCUT2D eigenvalue weighted by atomic mass is 9.73. The van der Waals surface area contributed by atoms with Crippen LogP contribution in [0.2, 0.25) is 0 Å². The maximum atomic E-state index is 14.4. The number of nitrogens with two attached hydrogens (primary N) is 1. The number of carbonyl (C=O) groups excluding carboxylic acids is 3. The number of sulfonamides is 1. The minimum atomic E-state index is -3.70. The molecule has 0 bridgehead atoms. The van der Waals surface area contributed by atoms with E-state index in [1.54, 1.807) is 4.90 Å². The third-order valence-electron chi connectivity index (χ3n) is 10.5. The van der Waals surface area contributed by atoms with Crippen molar-refractivity contribution in [1.82, 2.24) is 20.1 Å². The van der Waals surface area contributed by atoms with E-state index in [0.717, 1.165) is 44.9 Å². The number of alkyl halides is 2. The van der Waals surface area contributed by atoms with Gasteiger partial charge in [-0.2, -0.15) is 0 Å². The first-order valence-electron chi connectivity index (χ1n) is 18.8. The van der Waals surface area contributed by atoms with Crippen molar-refractivity contribution in [2.24, 2.45) is 35.3 Å². The van der Waals surface area contributed by atoms with Crippen LogP contribution in [0.4, 0.5) is 8.78 Å². The largest absolute Gasteiger partial charge is 0.390 e. The number of aliphatic hydroxyl groups is 1. The Kier molecular flexibility index (Phi) is 17.1. The number of hydrogen-bond acceptors (Lipinski definition) is 7. The summed E-state index contributed by atoms with van der Waals surface area (Å²) in [4.78, 5) is 44.3. The lowest BCUT2D eigenvalue weighted by Gasteiger charge is -2.37. The zero-order valence-electron chi connectivity index (χ0n) is 30.0. The summed E-state index contributed by atoms with van der Waals surface area (Å²) < 4.78 is 55.2. The lowest BCUT2D eigenvalue weighted by molar-refractivity contribution is -0.141. The second-order valence-electron chi connectivity index (χ2n) is 15.0. The summed E-state index contributed by atoms with van der Waals surface area (Å²) in [5.74, 6) is -3.51. The molecule has 0 spiro atoms. The molecular weight excluding hydrogens is 656 g/mol. The maximum absolute atomic E-state index is 14.4. The molecule has 0 aromatic carbocycles. The van der Waals surface area contributed by atoms with Crippen molar-refractivity contribution in [2.45, 2.75) is 142 Å². The number of rotatable bonds is 19. The third-order valence-corrected chi connectivity index (χ3v) is 12.0. The standard InChI is InChI=1S/C35H63F2N5O6S/c1-4-12-41(13-5-2)35(46)28-19-26(33(38)44)18-27(20-28)34(45)39-31(17-25-15-29(36)21-30(37)16-25)32(43)22-42(14-6-3)40-49(47,48)23-24-10-8-7-9-11-24/h24-32,40,43H,4-23H2,1-3H3,(H2,38,44)(H,39,45). The average Bonchev–Trinajstić information content (AvgIpc) is 3.03. The van der Waals surface area contributed by atoms with Gasteiger partial charge in [0.1, 0.15) is 12.3 Å². The van der Waals surface area contributed by atoms with Crippen LogP contribution in [0.1, 0.15) is 117 Å². The quantitative estimate of drug-likeness (QED) is 0.147. The van der Waals surface area contributed by atoms with E-state index in [9.17, 15) is 36.7 Å². The predicted octanol–water partition coefficient (Wildman–Crippen LogP) is 3.99. The third kappa shape index (κ3) is 13.6. The smallest absolute Gasteiger partial charge is 0.225 e. The van der Waals surface area contributed by atoms with Crippen LogP contribution in [0.15, 0.2) is 0 Å². The van der Waals surface area contributed by atoms with Gasteiger partial charge >= 0.3 is 0 Å². The molecule has 3 fully saturated rings. The Labute approximate surface area is 292 Å². The zero-order chi connectivity index (χ0) is 36.1. The van der Waals surface area contributed by atoms with E-state index in [1.165, 1.54) is 5.01 Å². The van der Waals surface area contributed by atoms with Gasteiger partial charge in [0, 0.05) is 50.4 Å². The number of nitrogens with one attached hydrogen (secondary N) is 2. The lowest BCUT2D eigenvalue weighted by Crippen LogP contribution is -2.55. The highest BCUT2D eigenvalue weighted by Gasteiger charge is 2.41. The van der Waals surface area contributed by atoms with Crippen LogP contribution in [-0.2, 0) is 24.4 Å². The minimum Gasteiger partial charge on any atom is -0.390 e. The van der Waals surface area contributed by atoms with Crippen LogP contribution in [0.3, 0.4) is 0 Å². The number of primary amides is 1. The second kappa shape index (κ2) is 20.2. The second-order valence-corrected chi connectivity index (χ2v) is 16.8. The van der Waals surface area contributed by atoms with Crippen molar-refractivity contribution in [3.05, 3.63) is 0 Å². The molecule has 3 aliphatic carbocycles. The summed E-state index contributed by atoms with van der Waals surface area (Å²) in [5.41, 5.74) is 5.71. The monoisotopic (exact) mass is 719 g/mol. The van der Waals surface area contributed by atoms with E-state index in [1.807, 2.05) is 20.8 Å². The number of hydrazine groups is 1. The Morgan fingerprint density at radius 2 is 1.39 bits per heavy atom. The number of hydrogen-bond donors (Lipinski definition) is 4. The zero-order valence-corrected chi connectivity index (χ0v) is 30.8. The fourth-order valence-corrected chi connectivity index (χ4v) is 9.83. The molecule has 0 aliphatic heterocycles. The van der Waals surface area contributed by atoms with E-state index < -0.39 is 70.0 Å². The highest BCUT2D eigenvalue weighted by atomic mass is 32.2. The van der Waals surface area contributed by atoms with Gasteiger partial charge in [-0.15, -0.1) is 4.83 Å². The van der Waals surface area contributed by atoms with E-state index in [-0.39, 0.29) is 69.1 Å². The number of amides is 3. The van der Waals surface area contributed by atoms with Crippen molar-refractivity contribution < 1.29 is 36.7 Å². The molecule has 0 aromatic rings. The average molecular weight is 720 g/mol. The highest BCUT2D eigenvalue weighted by Crippen LogP contribution is 2.36. The Bertz CT molecular complexity index is 1140. The number of nitrogens with zero attached hydrogens (tertiary/aromatic N) is 2. The Hall–Kier alpha value is -1.90. The number of carbonyl (C=O) groups is 3. The normalized spacial score (nSPS) is 28.1. The molecule has 3 rings (SSSR count). The number of aliphatic hydroxyl groups excluding tert-OH is 1. The number of halogens is 2. The summed E-state index contributed by atoms with van der Waals surface area (Å²) in [5, 5.41) is 16.0. The molecule has 3 amide bonds. The van der Waals surface area contributed by atoms with Crippen molar-refractivity contribution in [3.63, 3.8) is 0 Å². The molecule has 49 heavy (non-hydrogen) atoms. The molecule has 7 atom stereocenters. The fraction of sp³-hybridized carbons (Fsp3) is 0.914. The van der Waals surface area contributed by atoms with Crippen LogP contribution in [0.25, 0.3) is 0 Å². The topological polar surface area (TPSA) is 162 Å². The maximum Gasteiger partial charge on any atom is 0.225 e. The fourth-order valence-electron chi connectivity index (χ4n) is 8.25. The Morgan fingerprint density at radius 1 is 0.816 bits per heavy atom. The van der Waals surface area contributed by atoms with Crippen LogP contribution in [0.5, 0.6) is 0 Å². The summed E-state index contributed by atoms with van der Waals surface area (Å²) in [7, 11) is -3.70. The molecule has 3 saturated carbocycles. The minimum absolute atomic E-state index is 0.00212. The van der Waals surface area contributed by atoms with Gasteiger partial charge < -0.3 is 21.1 Å². The van der Waals surface area contributed by atoms with Crippen molar-refractivity contribution >= 4 is 27.7 Å². The molecule has 5 N–H and O–H groups in total. The molecule has 0 aromatic heterocycles. The summed E-state index contributed by atoms with van der Waals surface area (Å²) in [6, 6.07) is -0.947. The Balaban J connectivity index is 1.79. The molecule has 14 heteroatoms. The van der Waals surface area contributed by atoms with Gasteiger partial charge in [-0.3, -0.25) is 14.4 Å². The summed E-state index contributed by atoms with van der Waals surface area (Å²) >= 11 is 0. The van der Waals surface area contributed by atoms with E-state index in [4.69, 9.17) is 5.73 Å². The van der Waals surface area contributed by atoms with Crippen molar-refractivity contribution in [2.75, 3.05) is 31.9 Å². The van der Waals surface area contributed by atoms with E-state index in [0.29, 0.717) is 26.1 Å². The van der Waals surface area contributed by atoms with Crippen LogP contribution in [-0.4, -0.2) is 97.6 Å². The summed E-state index contributed by atoms with van der Waals surface area (Å²) in [6.07, 6.45) is 3.77. The van der Waals surface area contributed by atoms with Gasteiger partial charge in [-0.25, -0.2) is 22.2 Å². The van der Waals surface area contributed by atoms with Gasteiger partial charge in [0.25, 0.3) is 0 Å². The first kappa shape index (κ1) is 41.5. The van der Waals surface area contributed by atoms with Gasteiger partial charge in [0.2, 0.25) is 27.7 Å². The summed E-state index contributed by atoms with van der Waals surface area (Å²) in [6.45, 7) is 7.15. The first-order valence-corrected chi connectivity index (χ1v) is 20.5. The van der Waals surface area contributed by atoms with E-state index in [2.05, 4.69) is 10.1 Å². The van der Waals surface area contributed by atoms with Gasteiger partial charge in [0.05, 0.1) is 17.9 Å². The molecule has 3 aliphatic rings. The molecule has 0 heterocycles. The molecule has 0 saturated heterocycles. The highest BCUT2D eigenvalue weighted by molar-refractivity contribution is 7.89. The molecule has 0 radical (unpaired) electrons. The Morgan fingerprint density at radius 3 is 1.96 bits per heavy atom. The van der Waals surface area contributed by atoms with Crippen molar-refractivity contribution in [3.8, 4) is 0 Å². The first-order chi connectivity index (χ1) is 23.2. The van der Waals surface area contributed by atoms with Crippen LogP contribution >= 0.6 is 0 Å².